The number of methoxy groups -OCH3 is 1. The topological polar surface area (TPSA) is 58.6 Å². The van der Waals surface area contributed by atoms with Gasteiger partial charge in [0, 0.05) is 50.4 Å². The van der Waals surface area contributed by atoms with Crippen LogP contribution in [0.5, 0.6) is 5.75 Å². The Kier molecular flexibility index (Phi) is 6.16. The fourth-order valence-corrected chi connectivity index (χ4v) is 4.02. The Morgan fingerprint density at radius 2 is 1.71 bits per heavy atom. The zero-order valence-corrected chi connectivity index (χ0v) is 18.3. The third-order valence-corrected chi connectivity index (χ3v) is 5.80. The second-order valence-electron chi connectivity index (χ2n) is 8.02. The molecule has 4 rings (SSSR count). The molecule has 1 fully saturated rings. The van der Waals surface area contributed by atoms with Gasteiger partial charge < -0.3 is 14.5 Å². The average molecular weight is 417 g/mol. The van der Waals surface area contributed by atoms with E-state index in [2.05, 4.69) is 4.98 Å². The van der Waals surface area contributed by atoms with E-state index in [4.69, 9.17) is 9.72 Å². The third kappa shape index (κ3) is 4.53. The summed E-state index contributed by atoms with van der Waals surface area (Å²) in [6.45, 7) is 1.45. The highest BCUT2D eigenvalue weighted by Crippen LogP contribution is 2.35. The lowest BCUT2D eigenvalue weighted by Crippen LogP contribution is -2.38. The first-order chi connectivity index (χ1) is 15.1. The molecule has 6 nitrogen and oxygen atoms in total. The van der Waals surface area contributed by atoms with Crippen LogP contribution in [0, 0.1) is 0 Å². The standard InChI is InChI=1S/C25H28N4O2/c1-28(2)25-26-17-22(18-9-11-21(31-3)12-10-18)23(27-25)19-13-15-29(16-14-19)24(30)20-7-5-4-6-8-20/h4-12,17,19H,13-16H2,1-3H3. The number of likely N-dealkylation sites (tertiary alicyclic amines) is 1. The number of carbonyl (C=O) groups excluding carboxylic acids is 1. The molecule has 0 N–H and O–H groups in total. The highest BCUT2D eigenvalue weighted by molar-refractivity contribution is 5.94. The Labute approximate surface area is 183 Å². The Morgan fingerprint density at radius 3 is 2.32 bits per heavy atom. The maximum Gasteiger partial charge on any atom is 0.253 e. The van der Waals surface area contributed by atoms with E-state index in [0.717, 1.165) is 54.1 Å². The molecule has 160 valence electrons. The van der Waals surface area contributed by atoms with Crippen molar-refractivity contribution in [3.05, 3.63) is 72.1 Å². The van der Waals surface area contributed by atoms with Crippen LogP contribution in [0.3, 0.4) is 0 Å². The molecule has 1 aromatic heterocycles. The van der Waals surface area contributed by atoms with Crippen molar-refractivity contribution in [2.45, 2.75) is 18.8 Å². The van der Waals surface area contributed by atoms with Gasteiger partial charge in [0.1, 0.15) is 5.75 Å². The molecule has 1 saturated heterocycles. The number of rotatable bonds is 5. The summed E-state index contributed by atoms with van der Waals surface area (Å²) in [5.41, 5.74) is 3.91. The number of benzene rings is 2. The maximum atomic E-state index is 12.8. The number of aromatic nitrogens is 2. The minimum absolute atomic E-state index is 0.103. The Bertz CT molecular complexity index is 1030. The molecule has 0 unspecified atom stereocenters. The molecule has 3 aromatic rings. The number of hydrogen-bond acceptors (Lipinski definition) is 5. The fraction of sp³-hybridized carbons (Fsp3) is 0.320. The molecular weight excluding hydrogens is 388 g/mol. The van der Waals surface area contributed by atoms with E-state index in [1.54, 1.807) is 7.11 Å². The van der Waals surface area contributed by atoms with Crippen molar-refractivity contribution < 1.29 is 9.53 Å². The van der Waals surface area contributed by atoms with Crippen LogP contribution in [-0.4, -0.2) is 55.1 Å². The van der Waals surface area contributed by atoms with Gasteiger partial charge in [0.25, 0.3) is 5.91 Å². The molecule has 1 amide bonds. The summed E-state index contributed by atoms with van der Waals surface area (Å²) in [7, 11) is 5.57. The lowest BCUT2D eigenvalue weighted by molar-refractivity contribution is 0.0712. The van der Waals surface area contributed by atoms with Gasteiger partial charge in [-0.3, -0.25) is 4.79 Å². The first kappa shape index (κ1) is 20.8. The zero-order valence-electron chi connectivity index (χ0n) is 18.3. The molecule has 0 saturated carbocycles. The van der Waals surface area contributed by atoms with Crippen LogP contribution in [0.1, 0.15) is 34.8 Å². The van der Waals surface area contributed by atoms with Gasteiger partial charge in [-0.15, -0.1) is 0 Å². The number of hydrogen-bond donors (Lipinski definition) is 0. The van der Waals surface area contributed by atoms with Crippen molar-refractivity contribution >= 4 is 11.9 Å². The van der Waals surface area contributed by atoms with E-state index in [9.17, 15) is 4.79 Å². The third-order valence-electron chi connectivity index (χ3n) is 5.80. The molecule has 6 heteroatoms. The van der Waals surface area contributed by atoms with Crippen molar-refractivity contribution in [3.63, 3.8) is 0 Å². The van der Waals surface area contributed by atoms with Crippen molar-refractivity contribution in [2.24, 2.45) is 0 Å². The molecule has 0 aliphatic carbocycles. The molecule has 0 bridgehead atoms. The van der Waals surface area contributed by atoms with E-state index in [-0.39, 0.29) is 11.8 Å². The molecule has 0 atom stereocenters. The Morgan fingerprint density at radius 1 is 1.03 bits per heavy atom. The average Bonchev–Trinajstić information content (AvgIpc) is 2.84. The fourth-order valence-electron chi connectivity index (χ4n) is 4.02. The highest BCUT2D eigenvalue weighted by Gasteiger charge is 2.28. The normalized spacial score (nSPS) is 14.4. The summed E-state index contributed by atoms with van der Waals surface area (Å²) < 4.78 is 5.30. The molecule has 2 heterocycles. The second kappa shape index (κ2) is 9.16. The molecule has 2 aromatic carbocycles. The number of amides is 1. The van der Waals surface area contributed by atoms with Crippen molar-refractivity contribution in [2.75, 3.05) is 39.2 Å². The molecule has 1 aliphatic rings. The number of ether oxygens (including phenoxy) is 1. The summed E-state index contributed by atoms with van der Waals surface area (Å²) in [4.78, 5) is 26.2. The smallest absolute Gasteiger partial charge is 0.253 e. The summed E-state index contributed by atoms with van der Waals surface area (Å²) in [6, 6.07) is 17.5. The minimum atomic E-state index is 0.103. The van der Waals surface area contributed by atoms with Crippen LogP contribution in [0.2, 0.25) is 0 Å². The Balaban J connectivity index is 1.58. The van der Waals surface area contributed by atoms with E-state index in [1.165, 1.54) is 0 Å². The summed E-state index contributed by atoms with van der Waals surface area (Å²) in [5.74, 6) is 1.91. The molecule has 1 aliphatic heterocycles. The van der Waals surface area contributed by atoms with Gasteiger partial charge in [0.2, 0.25) is 5.95 Å². The molecule has 0 radical (unpaired) electrons. The number of nitrogens with zero attached hydrogens (tertiary/aromatic N) is 4. The van der Waals surface area contributed by atoms with Gasteiger partial charge in [0.05, 0.1) is 12.8 Å². The first-order valence-electron chi connectivity index (χ1n) is 10.6. The van der Waals surface area contributed by atoms with E-state index in [1.807, 2.05) is 84.7 Å². The summed E-state index contributed by atoms with van der Waals surface area (Å²) in [5, 5.41) is 0. The Hall–Kier alpha value is -3.41. The van der Waals surface area contributed by atoms with E-state index in [0.29, 0.717) is 5.95 Å². The van der Waals surface area contributed by atoms with Gasteiger partial charge in [0.15, 0.2) is 0 Å². The van der Waals surface area contributed by atoms with Gasteiger partial charge in [-0.05, 0) is 42.7 Å². The number of anilines is 1. The van der Waals surface area contributed by atoms with Crippen LogP contribution in [0.4, 0.5) is 5.95 Å². The molecular formula is C25H28N4O2. The highest BCUT2D eigenvalue weighted by atomic mass is 16.5. The van der Waals surface area contributed by atoms with Crippen LogP contribution >= 0.6 is 0 Å². The van der Waals surface area contributed by atoms with Crippen LogP contribution < -0.4 is 9.64 Å². The maximum absolute atomic E-state index is 12.8. The number of piperidine rings is 1. The van der Waals surface area contributed by atoms with Crippen LogP contribution in [0.25, 0.3) is 11.1 Å². The summed E-state index contributed by atoms with van der Waals surface area (Å²) in [6.07, 6.45) is 3.68. The predicted octanol–water partition coefficient (Wildman–Crippen LogP) is 4.24. The minimum Gasteiger partial charge on any atom is -0.497 e. The van der Waals surface area contributed by atoms with Gasteiger partial charge in [-0.2, -0.15) is 0 Å². The monoisotopic (exact) mass is 416 g/mol. The lowest BCUT2D eigenvalue weighted by atomic mass is 9.88. The SMILES string of the molecule is COc1ccc(-c2cnc(N(C)C)nc2C2CCN(C(=O)c3ccccc3)CC2)cc1. The van der Waals surface area contributed by atoms with E-state index >= 15 is 0 Å². The summed E-state index contributed by atoms with van der Waals surface area (Å²) >= 11 is 0. The molecule has 0 spiro atoms. The van der Waals surface area contributed by atoms with Crippen molar-refractivity contribution in [1.82, 2.24) is 14.9 Å². The molecule has 31 heavy (non-hydrogen) atoms. The largest absolute Gasteiger partial charge is 0.497 e. The van der Waals surface area contributed by atoms with Crippen LogP contribution in [0.15, 0.2) is 60.8 Å². The van der Waals surface area contributed by atoms with Gasteiger partial charge >= 0.3 is 0 Å². The van der Waals surface area contributed by atoms with Gasteiger partial charge in [-0.25, -0.2) is 9.97 Å². The van der Waals surface area contributed by atoms with Gasteiger partial charge in [-0.1, -0.05) is 30.3 Å². The predicted molar refractivity (Wildman–Crippen MR) is 123 cm³/mol. The van der Waals surface area contributed by atoms with Crippen molar-refractivity contribution in [1.29, 1.82) is 0 Å². The van der Waals surface area contributed by atoms with Crippen molar-refractivity contribution in [3.8, 4) is 16.9 Å². The number of carbonyl (C=O) groups is 1. The van der Waals surface area contributed by atoms with Crippen LogP contribution in [-0.2, 0) is 0 Å². The first-order valence-corrected chi connectivity index (χ1v) is 10.6. The lowest BCUT2D eigenvalue weighted by Gasteiger charge is -2.33. The van der Waals surface area contributed by atoms with E-state index < -0.39 is 0 Å². The zero-order chi connectivity index (χ0) is 21.8. The second-order valence-corrected chi connectivity index (χ2v) is 8.02. The quantitative estimate of drug-likeness (QED) is 0.623.